The van der Waals surface area contributed by atoms with Gasteiger partial charge in [0.25, 0.3) is 0 Å². The van der Waals surface area contributed by atoms with Crippen molar-refractivity contribution in [1.29, 1.82) is 0 Å². The van der Waals surface area contributed by atoms with Gasteiger partial charge in [-0.25, -0.2) is 4.79 Å². The first-order valence-corrected chi connectivity index (χ1v) is 15.7. The quantitative estimate of drug-likeness (QED) is 0.104. The largest absolute Gasteiger partial charge is 0.430 e. The van der Waals surface area contributed by atoms with E-state index in [9.17, 15) is 9.59 Å². The van der Waals surface area contributed by atoms with Crippen LogP contribution in [0.15, 0.2) is 133 Å². The molecule has 1 fully saturated rings. The Morgan fingerprint density at radius 2 is 1.00 bits per heavy atom. The predicted octanol–water partition coefficient (Wildman–Crippen LogP) is 6.37. The molecule has 0 N–H and O–H groups in total. The van der Waals surface area contributed by atoms with Crippen molar-refractivity contribution in [1.82, 2.24) is 0 Å². The topological polar surface area (TPSA) is 89.5 Å². The van der Waals surface area contributed by atoms with Gasteiger partial charge in [0.1, 0.15) is 24.4 Å². The average molecular weight is 637 g/mol. The molecule has 0 aromatic heterocycles. The van der Waals surface area contributed by atoms with Crippen molar-refractivity contribution in [2.75, 3.05) is 6.61 Å². The minimum absolute atomic E-state index is 0.127. The van der Waals surface area contributed by atoms with Gasteiger partial charge in [0.05, 0.1) is 33.0 Å². The van der Waals surface area contributed by atoms with E-state index in [2.05, 4.69) is 0 Å². The molecule has 0 radical (unpaired) electrons. The van der Waals surface area contributed by atoms with E-state index in [1.165, 1.54) is 6.92 Å². The fraction of sp³-hybridized carbons (Fsp3) is 0.282. The van der Waals surface area contributed by atoms with Crippen molar-refractivity contribution in [2.24, 2.45) is 0 Å². The Morgan fingerprint density at radius 1 is 0.574 bits per heavy atom. The molecule has 0 spiro atoms. The molecule has 5 atom stereocenters. The Hall–Kier alpha value is -4.44. The Labute approximate surface area is 275 Å². The minimum Gasteiger partial charge on any atom is -0.430 e. The van der Waals surface area contributed by atoms with Gasteiger partial charge in [-0.1, -0.05) is 121 Å². The standard InChI is InChI=1S/C39H40O8/c1-29(40)22-23-35(41)47-39-38(45-27-33-20-12-5-13-21-33)37(44-26-32-18-10-4-11-19-32)36(43-25-31-16-8-3-9-17-31)34(46-39)28-42-24-30-14-6-2-7-15-30/h2-23,34,36-39H,24-28H2,1H3/b23-22-/t34-,36-,37+,38-,39+/m1/s1. The molecule has 8 nitrogen and oxygen atoms in total. The Balaban J connectivity index is 1.46. The van der Waals surface area contributed by atoms with Gasteiger partial charge < -0.3 is 28.4 Å². The number of allylic oxidation sites excluding steroid dienone is 1. The van der Waals surface area contributed by atoms with Crippen molar-refractivity contribution in [3.05, 3.63) is 156 Å². The summed E-state index contributed by atoms with van der Waals surface area (Å²) in [6.07, 6.45) is -1.95. The van der Waals surface area contributed by atoms with Crippen molar-refractivity contribution < 1.29 is 38.0 Å². The highest BCUT2D eigenvalue weighted by Crippen LogP contribution is 2.32. The summed E-state index contributed by atoms with van der Waals surface area (Å²) in [6, 6.07) is 39.1. The first-order chi connectivity index (χ1) is 23.0. The monoisotopic (exact) mass is 636 g/mol. The number of ether oxygens (including phenoxy) is 6. The van der Waals surface area contributed by atoms with Gasteiger partial charge in [0, 0.05) is 6.08 Å². The number of rotatable bonds is 16. The smallest absolute Gasteiger partial charge is 0.333 e. The van der Waals surface area contributed by atoms with E-state index in [-0.39, 0.29) is 32.2 Å². The van der Waals surface area contributed by atoms with E-state index < -0.39 is 36.7 Å². The van der Waals surface area contributed by atoms with E-state index in [1.807, 2.05) is 121 Å². The number of benzene rings is 4. The first kappa shape index (κ1) is 33.9. The van der Waals surface area contributed by atoms with Crippen molar-refractivity contribution in [3.63, 3.8) is 0 Å². The van der Waals surface area contributed by atoms with E-state index in [0.29, 0.717) is 6.61 Å². The number of carbonyl (C=O) groups is 2. The molecule has 4 aromatic rings. The van der Waals surface area contributed by atoms with Gasteiger partial charge in [-0.15, -0.1) is 0 Å². The zero-order chi connectivity index (χ0) is 32.7. The van der Waals surface area contributed by atoms with Crippen LogP contribution in [0, 0.1) is 0 Å². The van der Waals surface area contributed by atoms with Gasteiger partial charge in [-0.3, -0.25) is 4.79 Å². The Morgan fingerprint density at radius 3 is 1.47 bits per heavy atom. The van der Waals surface area contributed by atoms with Gasteiger partial charge in [0.2, 0.25) is 6.29 Å². The molecule has 1 aliphatic rings. The maximum atomic E-state index is 12.9. The van der Waals surface area contributed by atoms with Gasteiger partial charge in [-0.05, 0) is 35.3 Å². The molecule has 0 unspecified atom stereocenters. The molecule has 1 heterocycles. The fourth-order valence-electron chi connectivity index (χ4n) is 5.18. The van der Waals surface area contributed by atoms with E-state index in [1.54, 1.807) is 0 Å². The summed E-state index contributed by atoms with van der Waals surface area (Å²) < 4.78 is 38.1. The summed E-state index contributed by atoms with van der Waals surface area (Å²) in [7, 11) is 0. The van der Waals surface area contributed by atoms with Crippen LogP contribution in [0.1, 0.15) is 29.2 Å². The molecule has 0 amide bonds. The molecule has 5 rings (SSSR count). The molecule has 47 heavy (non-hydrogen) atoms. The third-order valence-electron chi connectivity index (χ3n) is 7.53. The number of esters is 1. The van der Waals surface area contributed by atoms with Gasteiger partial charge in [-0.2, -0.15) is 0 Å². The van der Waals surface area contributed by atoms with Crippen LogP contribution in [0.25, 0.3) is 0 Å². The highest BCUT2D eigenvalue weighted by molar-refractivity contribution is 5.94. The summed E-state index contributed by atoms with van der Waals surface area (Å²) in [5.74, 6) is -1.03. The van der Waals surface area contributed by atoms with Crippen LogP contribution < -0.4 is 0 Å². The van der Waals surface area contributed by atoms with Crippen LogP contribution in [-0.4, -0.2) is 49.1 Å². The lowest BCUT2D eigenvalue weighted by Crippen LogP contribution is -2.62. The lowest BCUT2D eigenvalue weighted by molar-refractivity contribution is -0.319. The molecular formula is C39H40O8. The van der Waals surface area contributed by atoms with Crippen LogP contribution in [0.5, 0.6) is 0 Å². The summed E-state index contributed by atoms with van der Waals surface area (Å²) in [5.41, 5.74) is 3.86. The van der Waals surface area contributed by atoms with E-state index in [0.717, 1.165) is 34.4 Å². The molecular weight excluding hydrogens is 596 g/mol. The molecule has 0 saturated carbocycles. The van der Waals surface area contributed by atoms with Crippen LogP contribution in [0.2, 0.25) is 0 Å². The van der Waals surface area contributed by atoms with Crippen LogP contribution in [0.3, 0.4) is 0 Å². The zero-order valence-electron chi connectivity index (χ0n) is 26.4. The number of hydrogen-bond acceptors (Lipinski definition) is 8. The highest BCUT2D eigenvalue weighted by atomic mass is 16.7. The van der Waals surface area contributed by atoms with Crippen molar-refractivity contribution in [2.45, 2.75) is 64.1 Å². The third-order valence-corrected chi connectivity index (χ3v) is 7.53. The van der Waals surface area contributed by atoms with E-state index >= 15 is 0 Å². The number of carbonyl (C=O) groups excluding carboxylic acids is 2. The van der Waals surface area contributed by atoms with Crippen molar-refractivity contribution in [3.8, 4) is 0 Å². The average Bonchev–Trinajstić information content (AvgIpc) is 3.10. The Kier molecular flexibility index (Phi) is 13.0. The number of ketones is 1. The highest BCUT2D eigenvalue weighted by Gasteiger charge is 2.50. The van der Waals surface area contributed by atoms with Gasteiger partial charge >= 0.3 is 5.97 Å². The molecule has 0 bridgehead atoms. The molecule has 244 valence electrons. The summed E-state index contributed by atoms with van der Waals surface area (Å²) >= 11 is 0. The minimum atomic E-state index is -1.19. The second kappa shape index (κ2) is 18.0. The van der Waals surface area contributed by atoms with Crippen LogP contribution in [-0.2, 0) is 64.4 Å². The fourth-order valence-corrected chi connectivity index (χ4v) is 5.18. The predicted molar refractivity (Wildman–Crippen MR) is 176 cm³/mol. The lowest BCUT2D eigenvalue weighted by atomic mass is 9.97. The van der Waals surface area contributed by atoms with Crippen LogP contribution in [0.4, 0.5) is 0 Å². The molecule has 1 aliphatic heterocycles. The summed E-state index contributed by atoms with van der Waals surface area (Å²) in [4.78, 5) is 24.5. The normalized spacial score (nSPS) is 21.0. The maximum absolute atomic E-state index is 12.9. The third kappa shape index (κ3) is 10.8. The van der Waals surface area contributed by atoms with Gasteiger partial charge in [0.15, 0.2) is 5.78 Å². The molecule has 0 aliphatic carbocycles. The molecule has 4 aromatic carbocycles. The Bertz CT molecular complexity index is 1530. The lowest BCUT2D eigenvalue weighted by Gasteiger charge is -2.45. The SMILES string of the molecule is CC(=O)/C=C\C(=O)O[C@@H]1O[C@H](COCc2ccccc2)[C@@H](OCc2ccccc2)[C@H](OCc2ccccc2)[C@H]1OCc1ccccc1. The molecule has 8 heteroatoms. The molecule has 1 saturated heterocycles. The zero-order valence-corrected chi connectivity index (χ0v) is 26.4. The second-order valence-corrected chi connectivity index (χ2v) is 11.2. The summed E-state index contributed by atoms with van der Waals surface area (Å²) in [6.45, 7) is 2.58. The maximum Gasteiger partial charge on any atom is 0.333 e. The number of hydrogen-bond donors (Lipinski definition) is 0. The second-order valence-electron chi connectivity index (χ2n) is 11.2. The van der Waals surface area contributed by atoms with Crippen molar-refractivity contribution >= 4 is 11.8 Å². The first-order valence-electron chi connectivity index (χ1n) is 15.7. The van der Waals surface area contributed by atoms with Crippen LogP contribution >= 0.6 is 0 Å². The summed E-state index contributed by atoms with van der Waals surface area (Å²) in [5, 5.41) is 0. The van der Waals surface area contributed by atoms with E-state index in [4.69, 9.17) is 28.4 Å².